The van der Waals surface area contributed by atoms with Crippen molar-refractivity contribution >= 4 is 29.5 Å². The molecule has 10 heteroatoms. The fourth-order valence-electron chi connectivity index (χ4n) is 4.29. The molecule has 164 valence electrons. The largest absolute Gasteiger partial charge is 0.480 e. The van der Waals surface area contributed by atoms with Gasteiger partial charge in [-0.3, -0.25) is 4.79 Å². The van der Waals surface area contributed by atoms with Crippen molar-refractivity contribution in [1.29, 1.82) is 0 Å². The average Bonchev–Trinajstić information content (AvgIpc) is 2.68. The third kappa shape index (κ3) is 4.55. The van der Waals surface area contributed by atoms with E-state index >= 15 is 0 Å². The molecule has 0 aromatic heterocycles. The third-order valence-electron chi connectivity index (χ3n) is 5.84. The molecule has 1 aromatic rings. The van der Waals surface area contributed by atoms with E-state index in [2.05, 4.69) is 0 Å². The highest BCUT2D eigenvalue weighted by Gasteiger charge is 2.56. The van der Waals surface area contributed by atoms with Gasteiger partial charge in [-0.1, -0.05) is 49.1 Å². The van der Waals surface area contributed by atoms with E-state index in [1.807, 2.05) is 5.32 Å². The van der Waals surface area contributed by atoms with Crippen LogP contribution in [-0.2, 0) is 16.0 Å². The highest BCUT2D eigenvalue weighted by Crippen LogP contribution is 2.36. The minimum Gasteiger partial charge on any atom is -0.480 e. The van der Waals surface area contributed by atoms with E-state index in [1.54, 1.807) is 24.3 Å². The summed E-state index contributed by atoms with van der Waals surface area (Å²) in [6, 6.07) is 1.56. The van der Waals surface area contributed by atoms with E-state index in [0.717, 1.165) is 6.42 Å². The predicted octanol–water partition coefficient (Wildman–Crippen LogP) is 4.01. The molecule has 1 saturated heterocycles. The second kappa shape index (κ2) is 8.83. The molecular formula is C20H22ClF3N2O4. The number of halogens is 4. The number of hydrogen-bond acceptors (Lipinski definition) is 3. The van der Waals surface area contributed by atoms with Crippen LogP contribution in [0.1, 0.15) is 37.7 Å². The van der Waals surface area contributed by atoms with Gasteiger partial charge in [0, 0.05) is 5.02 Å². The maximum atomic E-state index is 13.6. The number of likely N-dealkylation sites (tertiary alicyclic amines) is 1. The number of amides is 3. The Morgan fingerprint density at radius 2 is 1.83 bits per heavy atom. The Hall–Kier alpha value is -2.29. The Balaban J connectivity index is 1.75. The van der Waals surface area contributed by atoms with E-state index in [9.17, 15) is 32.7 Å². The van der Waals surface area contributed by atoms with Gasteiger partial charge in [-0.25, -0.2) is 14.5 Å². The number of rotatable bonds is 5. The fraction of sp³-hybridized carbons (Fsp3) is 0.550. The molecule has 3 atom stereocenters. The van der Waals surface area contributed by atoms with Gasteiger partial charge in [-0.05, 0) is 36.8 Å². The molecule has 3 amide bonds. The van der Waals surface area contributed by atoms with Crippen molar-refractivity contribution < 1.29 is 32.7 Å². The van der Waals surface area contributed by atoms with Crippen molar-refractivity contribution in [2.45, 2.75) is 56.8 Å². The Bertz CT molecular complexity index is 827. The summed E-state index contributed by atoms with van der Waals surface area (Å²) in [5.41, 5.74) is 0.527. The number of aliphatic carboxylic acids is 1. The molecule has 0 radical (unpaired) electrons. The van der Waals surface area contributed by atoms with Crippen LogP contribution in [0.3, 0.4) is 0 Å². The van der Waals surface area contributed by atoms with Crippen molar-refractivity contribution in [1.82, 2.24) is 10.2 Å². The summed E-state index contributed by atoms with van der Waals surface area (Å²) in [4.78, 5) is 37.1. The lowest BCUT2D eigenvalue weighted by Crippen LogP contribution is -2.70. The molecule has 0 bridgehead atoms. The molecule has 3 rings (SSSR count). The first-order chi connectivity index (χ1) is 14.1. The van der Waals surface area contributed by atoms with Crippen LogP contribution in [-0.4, -0.2) is 46.2 Å². The van der Waals surface area contributed by atoms with Crippen molar-refractivity contribution in [3.63, 3.8) is 0 Å². The number of hydrogen-bond donors (Lipinski definition) is 2. The zero-order valence-electron chi connectivity index (χ0n) is 16.0. The molecule has 1 saturated carbocycles. The van der Waals surface area contributed by atoms with Crippen LogP contribution in [0.15, 0.2) is 24.3 Å². The van der Waals surface area contributed by atoms with Crippen molar-refractivity contribution in [3.05, 3.63) is 34.9 Å². The number of benzene rings is 1. The van der Waals surface area contributed by atoms with Gasteiger partial charge in [0.1, 0.15) is 6.04 Å². The highest BCUT2D eigenvalue weighted by atomic mass is 35.5. The summed E-state index contributed by atoms with van der Waals surface area (Å²) in [5, 5.41) is 11.7. The van der Waals surface area contributed by atoms with Crippen LogP contribution >= 0.6 is 11.6 Å². The summed E-state index contributed by atoms with van der Waals surface area (Å²) in [7, 11) is 0. The summed E-state index contributed by atoms with van der Waals surface area (Å²) >= 11 is 6.05. The van der Waals surface area contributed by atoms with E-state index in [4.69, 9.17) is 11.6 Å². The number of urea groups is 1. The number of nitrogens with zero attached hydrogens (tertiary/aromatic N) is 1. The zero-order valence-corrected chi connectivity index (χ0v) is 16.7. The van der Waals surface area contributed by atoms with Gasteiger partial charge in [0.25, 0.3) is 0 Å². The van der Waals surface area contributed by atoms with Gasteiger partial charge >= 0.3 is 18.2 Å². The minimum absolute atomic E-state index is 0.0232. The van der Waals surface area contributed by atoms with E-state index in [1.165, 1.54) is 0 Å². The number of imide groups is 1. The first kappa shape index (κ1) is 22.4. The summed E-state index contributed by atoms with van der Waals surface area (Å²) < 4.78 is 40.7. The normalized spacial score (nSPS) is 23.6. The third-order valence-corrected chi connectivity index (χ3v) is 6.20. The minimum atomic E-state index is -4.69. The molecule has 0 spiro atoms. The van der Waals surface area contributed by atoms with Crippen LogP contribution in [0.4, 0.5) is 18.0 Å². The highest BCUT2D eigenvalue weighted by molar-refractivity contribution is 6.31. The monoisotopic (exact) mass is 446 g/mol. The number of carboxylic acid groups (broad SMARTS) is 1. The molecule has 6 nitrogen and oxygen atoms in total. The van der Waals surface area contributed by atoms with Crippen molar-refractivity contribution in [2.24, 2.45) is 11.8 Å². The lowest BCUT2D eigenvalue weighted by molar-refractivity contribution is -0.172. The Labute approximate surface area is 176 Å². The average molecular weight is 447 g/mol. The van der Waals surface area contributed by atoms with Crippen LogP contribution in [0.2, 0.25) is 5.02 Å². The molecule has 1 aliphatic heterocycles. The quantitative estimate of drug-likeness (QED) is 0.669. The molecular weight excluding hydrogens is 425 g/mol. The SMILES string of the molecule is O=C(O)C1C(Cc2ccccc2Cl)C(=O)N1C(=O)NC(C1CCCCC1)C(F)(F)F. The van der Waals surface area contributed by atoms with Crippen molar-refractivity contribution in [2.75, 3.05) is 0 Å². The van der Waals surface area contributed by atoms with E-state index < -0.39 is 48.0 Å². The number of β-lactam (4-membered cyclic amide) rings is 1. The molecule has 2 N–H and O–H groups in total. The van der Waals surface area contributed by atoms with Gasteiger partial charge in [-0.2, -0.15) is 13.2 Å². The van der Waals surface area contributed by atoms with E-state index in [-0.39, 0.29) is 6.42 Å². The number of carbonyl (C=O) groups is 3. The summed E-state index contributed by atoms with van der Waals surface area (Å²) in [5.74, 6) is -4.15. The van der Waals surface area contributed by atoms with Gasteiger partial charge in [-0.15, -0.1) is 0 Å². The van der Waals surface area contributed by atoms with Gasteiger partial charge in [0.2, 0.25) is 5.91 Å². The second-order valence-electron chi connectivity index (χ2n) is 7.76. The standard InChI is InChI=1S/C20H22ClF3N2O4/c21-14-9-5-4-8-12(14)10-13-15(18(28)29)26(17(13)27)19(30)25-16(20(22,23)24)11-6-2-1-3-7-11/h4-5,8-9,11,13,15-16H,1-3,6-7,10H2,(H,25,30)(H,28,29). The first-order valence-electron chi connectivity index (χ1n) is 9.77. The Morgan fingerprint density at radius 1 is 1.20 bits per heavy atom. The molecule has 3 unspecified atom stereocenters. The molecule has 1 aromatic carbocycles. The van der Waals surface area contributed by atoms with Gasteiger partial charge in [0.05, 0.1) is 5.92 Å². The number of alkyl halides is 3. The van der Waals surface area contributed by atoms with Gasteiger partial charge in [0.15, 0.2) is 6.04 Å². The molecule has 30 heavy (non-hydrogen) atoms. The van der Waals surface area contributed by atoms with Crippen LogP contribution in [0, 0.1) is 11.8 Å². The fourth-order valence-corrected chi connectivity index (χ4v) is 4.51. The summed E-state index contributed by atoms with van der Waals surface area (Å²) in [6.45, 7) is 0. The molecule has 2 fully saturated rings. The first-order valence-corrected chi connectivity index (χ1v) is 10.2. The van der Waals surface area contributed by atoms with Crippen LogP contribution < -0.4 is 5.32 Å². The molecule has 2 aliphatic rings. The van der Waals surface area contributed by atoms with Crippen molar-refractivity contribution in [3.8, 4) is 0 Å². The lowest BCUT2D eigenvalue weighted by atomic mass is 9.82. The lowest BCUT2D eigenvalue weighted by Gasteiger charge is -2.44. The maximum Gasteiger partial charge on any atom is 0.408 e. The number of carbonyl (C=O) groups excluding carboxylic acids is 2. The molecule has 1 aliphatic carbocycles. The summed E-state index contributed by atoms with van der Waals surface area (Å²) in [6.07, 6.45) is -1.98. The maximum absolute atomic E-state index is 13.6. The smallest absolute Gasteiger partial charge is 0.408 e. The predicted molar refractivity (Wildman–Crippen MR) is 102 cm³/mol. The zero-order chi connectivity index (χ0) is 22.1. The van der Waals surface area contributed by atoms with Crippen LogP contribution in [0.25, 0.3) is 0 Å². The number of carboxylic acids is 1. The Kier molecular flexibility index (Phi) is 6.59. The molecule has 1 heterocycles. The second-order valence-corrected chi connectivity index (χ2v) is 8.17. The Morgan fingerprint density at radius 3 is 2.40 bits per heavy atom. The van der Waals surface area contributed by atoms with Gasteiger partial charge < -0.3 is 10.4 Å². The number of nitrogens with one attached hydrogen (secondary N) is 1. The van der Waals surface area contributed by atoms with Crippen LogP contribution in [0.5, 0.6) is 0 Å². The topological polar surface area (TPSA) is 86.7 Å². The van der Waals surface area contributed by atoms with E-state index in [0.29, 0.717) is 41.2 Å².